The maximum Gasteiger partial charge on any atom is 0.301 e. The Kier molecular flexibility index (Phi) is 5.57. The number of hydrogen-bond donors (Lipinski definition) is 1. The standard InChI is InChI=1S/C26H26N2O5/c1-15-13-20(27-33-15)28-22(16-9-11-18(12-10-16)26(2,3)4)21(24(30)25(28)31)23(29)17-7-6-8-19(14-17)32-5/h6-14,22,29H,1-5H3. The number of aromatic nitrogens is 1. The number of benzene rings is 2. The Hall–Kier alpha value is -3.87. The molecule has 0 radical (unpaired) electrons. The average molecular weight is 447 g/mol. The first-order valence-electron chi connectivity index (χ1n) is 10.6. The molecule has 1 atom stereocenters. The molecule has 170 valence electrons. The van der Waals surface area contributed by atoms with E-state index in [4.69, 9.17) is 9.26 Å². The highest BCUT2D eigenvalue weighted by atomic mass is 16.5. The zero-order valence-electron chi connectivity index (χ0n) is 19.2. The second-order valence-electron chi connectivity index (χ2n) is 9.07. The number of hydrogen-bond acceptors (Lipinski definition) is 6. The number of methoxy groups -OCH3 is 1. The Morgan fingerprint density at radius 2 is 1.79 bits per heavy atom. The molecule has 33 heavy (non-hydrogen) atoms. The SMILES string of the molecule is COc1cccc(C(O)=C2C(=O)C(=O)N(c3cc(C)on3)C2c2ccc(C(C)(C)C)cc2)c1. The quantitative estimate of drug-likeness (QED) is 0.348. The Balaban J connectivity index is 1.92. The van der Waals surface area contributed by atoms with Crippen molar-refractivity contribution in [2.24, 2.45) is 0 Å². The number of carbonyl (C=O) groups excluding carboxylic acids is 2. The van der Waals surface area contributed by atoms with Crippen molar-refractivity contribution < 1.29 is 24.0 Å². The number of nitrogens with zero attached hydrogens (tertiary/aromatic N) is 2. The first-order valence-corrected chi connectivity index (χ1v) is 10.6. The molecule has 2 heterocycles. The summed E-state index contributed by atoms with van der Waals surface area (Å²) >= 11 is 0. The summed E-state index contributed by atoms with van der Waals surface area (Å²) in [5.41, 5.74) is 2.07. The lowest BCUT2D eigenvalue weighted by Crippen LogP contribution is -2.29. The van der Waals surface area contributed by atoms with Gasteiger partial charge in [0.05, 0.1) is 18.7 Å². The number of aliphatic hydroxyl groups is 1. The lowest BCUT2D eigenvalue weighted by Gasteiger charge is -2.24. The van der Waals surface area contributed by atoms with Gasteiger partial charge in [0.2, 0.25) is 0 Å². The summed E-state index contributed by atoms with van der Waals surface area (Å²) in [5, 5.41) is 15.2. The first-order chi connectivity index (χ1) is 15.6. The van der Waals surface area contributed by atoms with Gasteiger partial charge in [-0.2, -0.15) is 0 Å². The second-order valence-corrected chi connectivity index (χ2v) is 9.07. The van der Waals surface area contributed by atoms with E-state index in [0.717, 1.165) is 5.56 Å². The van der Waals surface area contributed by atoms with Crippen LogP contribution in [0.4, 0.5) is 5.82 Å². The Morgan fingerprint density at radius 3 is 2.36 bits per heavy atom. The Morgan fingerprint density at radius 1 is 1.09 bits per heavy atom. The van der Waals surface area contributed by atoms with Crippen molar-refractivity contribution >= 4 is 23.3 Å². The van der Waals surface area contributed by atoms with Crippen LogP contribution in [-0.4, -0.2) is 29.1 Å². The minimum absolute atomic E-state index is 0.0163. The maximum absolute atomic E-state index is 13.2. The number of ether oxygens (including phenoxy) is 1. The third-order valence-corrected chi connectivity index (χ3v) is 5.74. The summed E-state index contributed by atoms with van der Waals surface area (Å²) in [4.78, 5) is 27.6. The van der Waals surface area contributed by atoms with Crippen LogP contribution in [0.1, 0.15) is 49.3 Å². The number of carbonyl (C=O) groups is 2. The average Bonchev–Trinajstić information content (AvgIpc) is 3.33. The number of ketones is 1. The Labute approximate surface area is 192 Å². The largest absolute Gasteiger partial charge is 0.507 e. The summed E-state index contributed by atoms with van der Waals surface area (Å²) in [5.74, 6) is -0.615. The van der Waals surface area contributed by atoms with Gasteiger partial charge in [0.15, 0.2) is 5.82 Å². The van der Waals surface area contributed by atoms with E-state index >= 15 is 0 Å². The van der Waals surface area contributed by atoms with Crippen LogP contribution >= 0.6 is 0 Å². The molecule has 1 amide bonds. The highest BCUT2D eigenvalue weighted by Gasteiger charge is 2.48. The molecule has 1 N–H and O–H groups in total. The summed E-state index contributed by atoms with van der Waals surface area (Å²) in [6.07, 6.45) is 0. The predicted octanol–water partition coefficient (Wildman–Crippen LogP) is 4.92. The molecular formula is C26H26N2O5. The molecule has 1 unspecified atom stereocenters. The first kappa shape index (κ1) is 22.3. The molecular weight excluding hydrogens is 420 g/mol. The molecule has 0 saturated carbocycles. The molecule has 1 aromatic heterocycles. The number of aliphatic hydroxyl groups excluding tert-OH is 1. The summed E-state index contributed by atoms with van der Waals surface area (Å²) in [6, 6.07) is 15.1. The van der Waals surface area contributed by atoms with Crippen molar-refractivity contribution in [1.82, 2.24) is 5.16 Å². The van der Waals surface area contributed by atoms with Crippen LogP contribution in [0.15, 0.2) is 64.7 Å². The molecule has 3 aromatic rings. The van der Waals surface area contributed by atoms with E-state index in [2.05, 4.69) is 25.9 Å². The van der Waals surface area contributed by atoms with Crippen LogP contribution in [0, 0.1) is 6.92 Å². The van der Waals surface area contributed by atoms with E-state index in [9.17, 15) is 14.7 Å². The van der Waals surface area contributed by atoms with Crippen molar-refractivity contribution in [2.45, 2.75) is 39.2 Å². The molecule has 7 nitrogen and oxygen atoms in total. The van der Waals surface area contributed by atoms with Gasteiger partial charge in [-0.15, -0.1) is 0 Å². The highest BCUT2D eigenvalue weighted by molar-refractivity contribution is 6.51. The van der Waals surface area contributed by atoms with Gasteiger partial charge in [-0.1, -0.05) is 62.3 Å². The molecule has 1 saturated heterocycles. The molecule has 2 aromatic carbocycles. The predicted molar refractivity (Wildman–Crippen MR) is 124 cm³/mol. The topological polar surface area (TPSA) is 92.9 Å². The van der Waals surface area contributed by atoms with Crippen LogP contribution in [0.3, 0.4) is 0 Å². The second kappa shape index (κ2) is 8.24. The van der Waals surface area contributed by atoms with E-state index in [1.54, 1.807) is 37.3 Å². The zero-order chi connectivity index (χ0) is 23.9. The lowest BCUT2D eigenvalue weighted by molar-refractivity contribution is -0.132. The number of rotatable bonds is 4. The van der Waals surface area contributed by atoms with Crippen molar-refractivity contribution in [3.05, 3.63) is 82.6 Å². The van der Waals surface area contributed by atoms with Crippen molar-refractivity contribution in [3.63, 3.8) is 0 Å². The monoisotopic (exact) mass is 446 g/mol. The minimum Gasteiger partial charge on any atom is -0.507 e. The number of amides is 1. The highest BCUT2D eigenvalue weighted by Crippen LogP contribution is 2.42. The van der Waals surface area contributed by atoms with E-state index in [-0.39, 0.29) is 22.6 Å². The van der Waals surface area contributed by atoms with E-state index in [1.807, 2.05) is 24.3 Å². The Bertz CT molecular complexity index is 1250. The maximum atomic E-state index is 13.2. The molecule has 0 spiro atoms. The normalized spacial score (nSPS) is 18.1. The van der Waals surface area contributed by atoms with Crippen molar-refractivity contribution in [3.8, 4) is 5.75 Å². The van der Waals surface area contributed by atoms with Crippen LogP contribution in [0.5, 0.6) is 5.75 Å². The molecule has 1 aliphatic heterocycles. The van der Waals surface area contributed by atoms with Crippen LogP contribution in [-0.2, 0) is 15.0 Å². The molecule has 4 rings (SSSR count). The fraction of sp³-hybridized carbons (Fsp3) is 0.269. The van der Waals surface area contributed by atoms with Crippen LogP contribution < -0.4 is 9.64 Å². The van der Waals surface area contributed by atoms with Crippen molar-refractivity contribution in [2.75, 3.05) is 12.0 Å². The molecule has 1 fully saturated rings. The molecule has 0 aliphatic carbocycles. The minimum atomic E-state index is -0.866. The van der Waals surface area contributed by atoms with E-state index in [0.29, 0.717) is 22.6 Å². The van der Waals surface area contributed by atoms with Crippen LogP contribution in [0.25, 0.3) is 5.76 Å². The van der Waals surface area contributed by atoms with Crippen LogP contribution in [0.2, 0.25) is 0 Å². The van der Waals surface area contributed by atoms with E-state index < -0.39 is 17.7 Å². The zero-order valence-corrected chi connectivity index (χ0v) is 19.2. The third-order valence-electron chi connectivity index (χ3n) is 5.74. The van der Waals surface area contributed by atoms with Crippen molar-refractivity contribution in [1.29, 1.82) is 0 Å². The fourth-order valence-electron chi connectivity index (χ4n) is 3.94. The van der Waals surface area contributed by atoms with Gasteiger partial charge in [-0.05, 0) is 35.6 Å². The van der Waals surface area contributed by atoms with Gasteiger partial charge in [-0.25, -0.2) is 0 Å². The number of Topliss-reactive ketones (excluding diaryl/α,β-unsaturated/α-hetero) is 1. The smallest absolute Gasteiger partial charge is 0.301 e. The van der Waals surface area contributed by atoms with Gasteiger partial charge in [0.1, 0.15) is 17.3 Å². The summed E-state index contributed by atoms with van der Waals surface area (Å²) in [6.45, 7) is 8.02. The molecule has 7 heteroatoms. The fourth-order valence-corrected chi connectivity index (χ4v) is 3.94. The lowest BCUT2D eigenvalue weighted by atomic mass is 9.85. The number of aryl methyl sites for hydroxylation is 1. The molecule has 1 aliphatic rings. The third kappa shape index (κ3) is 4.02. The van der Waals surface area contributed by atoms with Gasteiger partial charge in [0, 0.05) is 11.6 Å². The van der Waals surface area contributed by atoms with E-state index in [1.165, 1.54) is 12.0 Å². The van der Waals surface area contributed by atoms with Gasteiger partial charge in [0.25, 0.3) is 5.78 Å². The van der Waals surface area contributed by atoms with Gasteiger partial charge >= 0.3 is 5.91 Å². The van der Waals surface area contributed by atoms with Gasteiger partial charge < -0.3 is 14.4 Å². The summed E-state index contributed by atoms with van der Waals surface area (Å²) < 4.78 is 10.4. The van der Waals surface area contributed by atoms with Gasteiger partial charge in [-0.3, -0.25) is 14.5 Å². The summed E-state index contributed by atoms with van der Waals surface area (Å²) in [7, 11) is 1.52. The number of anilines is 1. The molecule has 0 bridgehead atoms.